The van der Waals surface area contributed by atoms with Crippen molar-refractivity contribution in [1.82, 2.24) is 5.32 Å². The summed E-state index contributed by atoms with van der Waals surface area (Å²) < 4.78 is 5.94. The summed E-state index contributed by atoms with van der Waals surface area (Å²) in [5, 5.41) is 3.42. The summed E-state index contributed by atoms with van der Waals surface area (Å²) >= 11 is 0. The number of nitrogens with one attached hydrogen (secondary N) is 1. The number of ether oxygens (including phenoxy) is 1. The monoisotopic (exact) mass is 281 g/mol. The zero-order chi connectivity index (χ0) is 14.7. The quantitative estimate of drug-likeness (QED) is 0.861. The maximum Gasteiger partial charge on any atom is 0.119 e. The van der Waals surface area contributed by atoms with Crippen LogP contribution in [0.2, 0.25) is 0 Å². The Labute approximate surface area is 127 Å². The van der Waals surface area contributed by atoms with Gasteiger partial charge in [-0.05, 0) is 48.7 Å². The molecule has 2 unspecified atom stereocenters. The van der Waals surface area contributed by atoms with E-state index >= 15 is 0 Å². The van der Waals surface area contributed by atoms with Gasteiger partial charge in [-0.25, -0.2) is 0 Å². The molecule has 0 saturated carbocycles. The Hall–Kier alpha value is -1.80. The molecule has 0 fully saturated rings. The van der Waals surface area contributed by atoms with Crippen LogP contribution in [0.5, 0.6) is 5.75 Å². The van der Waals surface area contributed by atoms with Crippen LogP contribution in [0.3, 0.4) is 0 Å². The van der Waals surface area contributed by atoms with Crippen LogP contribution in [-0.4, -0.2) is 13.2 Å². The van der Waals surface area contributed by atoms with E-state index in [0.29, 0.717) is 12.0 Å². The summed E-state index contributed by atoms with van der Waals surface area (Å²) in [6.07, 6.45) is 1.14. The fourth-order valence-corrected chi connectivity index (χ4v) is 2.98. The van der Waals surface area contributed by atoms with E-state index in [1.807, 2.05) is 0 Å². The van der Waals surface area contributed by atoms with Gasteiger partial charge >= 0.3 is 0 Å². The second kappa shape index (κ2) is 6.31. The largest absolute Gasteiger partial charge is 0.493 e. The molecule has 1 aliphatic rings. The molecule has 2 aromatic carbocycles. The van der Waals surface area contributed by atoms with Crippen LogP contribution in [0.4, 0.5) is 0 Å². The highest BCUT2D eigenvalue weighted by Gasteiger charge is 2.25. The molecule has 2 aromatic rings. The van der Waals surface area contributed by atoms with Crippen molar-refractivity contribution in [2.45, 2.75) is 32.2 Å². The molecule has 0 saturated heterocycles. The molecule has 21 heavy (non-hydrogen) atoms. The van der Waals surface area contributed by atoms with Gasteiger partial charge in [0, 0.05) is 12.0 Å². The van der Waals surface area contributed by atoms with E-state index in [-0.39, 0.29) is 0 Å². The van der Waals surface area contributed by atoms with Gasteiger partial charge in [0.2, 0.25) is 0 Å². The van der Waals surface area contributed by atoms with E-state index in [2.05, 4.69) is 67.7 Å². The smallest absolute Gasteiger partial charge is 0.119 e. The molecule has 0 bridgehead atoms. The van der Waals surface area contributed by atoms with Crippen molar-refractivity contribution in [3.8, 4) is 5.75 Å². The Balaban J connectivity index is 1.55. The third kappa shape index (κ3) is 3.11. The lowest BCUT2D eigenvalue weighted by Crippen LogP contribution is -2.23. The Bertz CT molecular complexity index is 591. The predicted molar refractivity (Wildman–Crippen MR) is 86.9 cm³/mol. The van der Waals surface area contributed by atoms with Crippen LogP contribution < -0.4 is 10.1 Å². The molecule has 2 atom stereocenters. The first-order valence-electron chi connectivity index (χ1n) is 7.82. The summed E-state index contributed by atoms with van der Waals surface area (Å²) in [7, 11) is 0. The summed E-state index contributed by atoms with van der Waals surface area (Å²) in [4.78, 5) is 0. The first kappa shape index (κ1) is 14.2. The highest BCUT2D eigenvalue weighted by atomic mass is 16.5. The van der Waals surface area contributed by atoms with E-state index in [0.717, 1.165) is 25.3 Å². The normalized spacial score (nSPS) is 17.7. The molecular formula is C19H23NO. The Morgan fingerprint density at radius 3 is 2.62 bits per heavy atom. The summed E-state index contributed by atoms with van der Waals surface area (Å²) in [5.41, 5.74) is 4.23. The number of fused-ring (bicyclic) bond motifs is 1. The molecule has 0 spiro atoms. The third-order valence-corrected chi connectivity index (χ3v) is 4.30. The van der Waals surface area contributed by atoms with Gasteiger partial charge in [-0.1, -0.05) is 43.3 Å². The standard InChI is InChI=1S/C19H23NO/c1-3-20-14(2)15-8-10-18(11-9-15)21-13-17-12-16-6-4-5-7-19(16)17/h4-11,14,17,20H,3,12-13H2,1-2H3. The Morgan fingerprint density at radius 2 is 1.90 bits per heavy atom. The number of rotatable bonds is 6. The zero-order valence-corrected chi connectivity index (χ0v) is 12.8. The van der Waals surface area contributed by atoms with Crippen molar-refractivity contribution in [2.24, 2.45) is 0 Å². The Kier molecular flexibility index (Phi) is 4.26. The van der Waals surface area contributed by atoms with Gasteiger partial charge in [0.25, 0.3) is 0 Å². The average Bonchev–Trinajstić information content (AvgIpc) is 2.49. The molecule has 2 heteroatoms. The molecular weight excluding hydrogens is 258 g/mol. The van der Waals surface area contributed by atoms with Crippen molar-refractivity contribution in [3.63, 3.8) is 0 Å². The lowest BCUT2D eigenvalue weighted by atomic mass is 9.78. The zero-order valence-electron chi connectivity index (χ0n) is 12.8. The van der Waals surface area contributed by atoms with Crippen molar-refractivity contribution >= 4 is 0 Å². The summed E-state index contributed by atoms with van der Waals surface area (Å²) in [6, 6.07) is 17.5. The van der Waals surface area contributed by atoms with Crippen LogP contribution in [0.1, 0.15) is 42.5 Å². The van der Waals surface area contributed by atoms with Gasteiger partial charge in [-0.2, -0.15) is 0 Å². The van der Waals surface area contributed by atoms with Crippen LogP contribution in [0.15, 0.2) is 48.5 Å². The maximum atomic E-state index is 5.94. The highest BCUT2D eigenvalue weighted by Crippen LogP contribution is 2.35. The van der Waals surface area contributed by atoms with Crippen LogP contribution in [0, 0.1) is 0 Å². The number of hydrogen-bond donors (Lipinski definition) is 1. The molecule has 0 aliphatic heterocycles. The van der Waals surface area contributed by atoms with Gasteiger partial charge in [0.15, 0.2) is 0 Å². The topological polar surface area (TPSA) is 21.3 Å². The average molecular weight is 281 g/mol. The molecule has 3 rings (SSSR count). The molecule has 1 aliphatic carbocycles. The van der Waals surface area contributed by atoms with E-state index < -0.39 is 0 Å². The van der Waals surface area contributed by atoms with Crippen LogP contribution in [0.25, 0.3) is 0 Å². The minimum atomic E-state index is 0.391. The van der Waals surface area contributed by atoms with Gasteiger partial charge < -0.3 is 10.1 Å². The molecule has 110 valence electrons. The van der Waals surface area contributed by atoms with Crippen LogP contribution >= 0.6 is 0 Å². The number of hydrogen-bond acceptors (Lipinski definition) is 2. The third-order valence-electron chi connectivity index (χ3n) is 4.30. The van der Waals surface area contributed by atoms with Crippen LogP contribution in [-0.2, 0) is 6.42 Å². The van der Waals surface area contributed by atoms with Crippen molar-refractivity contribution < 1.29 is 4.74 Å². The van der Waals surface area contributed by atoms with E-state index in [4.69, 9.17) is 4.74 Å². The minimum absolute atomic E-state index is 0.391. The molecule has 0 amide bonds. The van der Waals surface area contributed by atoms with Gasteiger partial charge in [-0.3, -0.25) is 0 Å². The Morgan fingerprint density at radius 1 is 1.14 bits per heavy atom. The first-order chi connectivity index (χ1) is 10.3. The number of benzene rings is 2. The maximum absolute atomic E-state index is 5.94. The van der Waals surface area contributed by atoms with Gasteiger partial charge in [0.1, 0.15) is 5.75 Å². The fraction of sp³-hybridized carbons (Fsp3) is 0.368. The second-order valence-electron chi connectivity index (χ2n) is 5.76. The lowest BCUT2D eigenvalue weighted by molar-refractivity contribution is 0.275. The predicted octanol–water partition coefficient (Wildman–Crippen LogP) is 4.08. The SMILES string of the molecule is CCNC(C)c1ccc(OCC2Cc3ccccc32)cc1. The lowest BCUT2D eigenvalue weighted by Gasteiger charge is -2.29. The van der Waals surface area contributed by atoms with Crippen molar-refractivity contribution in [1.29, 1.82) is 0 Å². The van der Waals surface area contributed by atoms with E-state index in [9.17, 15) is 0 Å². The van der Waals surface area contributed by atoms with Gasteiger partial charge in [-0.15, -0.1) is 0 Å². The molecule has 0 radical (unpaired) electrons. The minimum Gasteiger partial charge on any atom is -0.493 e. The molecule has 1 N–H and O–H groups in total. The van der Waals surface area contributed by atoms with Gasteiger partial charge in [0.05, 0.1) is 6.61 Å². The van der Waals surface area contributed by atoms with E-state index in [1.54, 1.807) is 0 Å². The first-order valence-corrected chi connectivity index (χ1v) is 7.82. The molecule has 0 aromatic heterocycles. The fourth-order valence-electron chi connectivity index (χ4n) is 2.98. The highest BCUT2D eigenvalue weighted by molar-refractivity contribution is 5.40. The van der Waals surface area contributed by atoms with Crippen molar-refractivity contribution in [2.75, 3.05) is 13.2 Å². The molecule has 2 nitrogen and oxygen atoms in total. The molecule has 0 heterocycles. The summed E-state index contributed by atoms with van der Waals surface area (Å²) in [5.74, 6) is 1.52. The second-order valence-corrected chi connectivity index (χ2v) is 5.76. The summed E-state index contributed by atoms with van der Waals surface area (Å²) in [6.45, 7) is 6.08. The van der Waals surface area contributed by atoms with Crippen molar-refractivity contribution in [3.05, 3.63) is 65.2 Å². The van der Waals surface area contributed by atoms with E-state index in [1.165, 1.54) is 16.7 Å².